The van der Waals surface area contributed by atoms with E-state index in [4.69, 9.17) is 10.9 Å². The van der Waals surface area contributed by atoms with Gasteiger partial charge in [-0.25, -0.2) is 4.79 Å². The second-order valence-corrected chi connectivity index (χ2v) is 4.46. The third-order valence-electron chi connectivity index (χ3n) is 2.92. The van der Waals surface area contributed by atoms with E-state index in [1.165, 1.54) is 0 Å². The molecule has 2 amide bonds. The fourth-order valence-corrected chi connectivity index (χ4v) is 1.78. The summed E-state index contributed by atoms with van der Waals surface area (Å²) in [5.74, 6) is -0.0125. The fraction of sp³-hybridized carbons (Fsp3) is 0.0667. The molecular weight excluding hydrogens is 268 g/mol. The molecule has 108 valence electrons. The van der Waals surface area contributed by atoms with Crippen molar-refractivity contribution in [2.45, 2.75) is 6.92 Å². The molecule has 6 nitrogen and oxygen atoms in total. The van der Waals surface area contributed by atoms with Gasteiger partial charge in [-0.2, -0.15) is 0 Å². The van der Waals surface area contributed by atoms with E-state index in [-0.39, 0.29) is 11.9 Å². The lowest BCUT2D eigenvalue weighted by molar-refractivity contribution is 0.262. The highest BCUT2D eigenvalue weighted by molar-refractivity contribution is 6.02. The van der Waals surface area contributed by atoms with Gasteiger partial charge in [0.1, 0.15) is 0 Å². The summed E-state index contributed by atoms with van der Waals surface area (Å²) in [5.41, 5.74) is 8.22. The molecule has 0 aliphatic rings. The number of anilines is 2. The first-order valence-corrected chi connectivity index (χ1v) is 6.32. The Labute approximate surface area is 122 Å². The number of urea groups is 1. The van der Waals surface area contributed by atoms with Crippen LogP contribution in [0, 0.1) is 6.92 Å². The molecule has 0 saturated heterocycles. The maximum absolute atomic E-state index is 12.0. The number of nitrogens with zero attached hydrogens (tertiary/aromatic N) is 1. The average molecular weight is 284 g/mol. The number of amides is 2. The molecule has 2 aromatic carbocycles. The number of nitrogens with two attached hydrogens (primary N) is 1. The zero-order chi connectivity index (χ0) is 15.2. The van der Waals surface area contributed by atoms with Gasteiger partial charge in [0, 0.05) is 16.9 Å². The summed E-state index contributed by atoms with van der Waals surface area (Å²) >= 11 is 0. The number of oxime groups is 1. The number of aryl methyl sites for hydroxylation is 1. The first-order chi connectivity index (χ1) is 10.1. The first-order valence-electron chi connectivity index (χ1n) is 6.32. The quantitative estimate of drug-likeness (QED) is 0.302. The zero-order valence-corrected chi connectivity index (χ0v) is 11.5. The minimum atomic E-state index is -0.360. The molecule has 21 heavy (non-hydrogen) atoms. The van der Waals surface area contributed by atoms with Crippen LogP contribution < -0.4 is 16.4 Å². The fourth-order valence-electron chi connectivity index (χ4n) is 1.78. The second-order valence-electron chi connectivity index (χ2n) is 4.46. The van der Waals surface area contributed by atoms with Crippen LogP contribution in [0.5, 0.6) is 0 Å². The summed E-state index contributed by atoms with van der Waals surface area (Å²) < 4.78 is 0. The van der Waals surface area contributed by atoms with Gasteiger partial charge in [-0.15, -0.1) is 0 Å². The molecule has 0 unspecified atom stereocenters. The van der Waals surface area contributed by atoms with Crippen molar-refractivity contribution in [2.75, 3.05) is 10.6 Å². The van der Waals surface area contributed by atoms with E-state index in [9.17, 15) is 4.79 Å². The zero-order valence-electron chi connectivity index (χ0n) is 11.5. The third-order valence-corrected chi connectivity index (χ3v) is 2.92. The minimum Gasteiger partial charge on any atom is -0.409 e. The van der Waals surface area contributed by atoms with Crippen molar-refractivity contribution in [3.63, 3.8) is 0 Å². The van der Waals surface area contributed by atoms with Gasteiger partial charge in [-0.1, -0.05) is 35.5 Å². The Morgan fingerprint density at radius 1 is 1.14 bits per heavy atom. The summed E-state index contributed by atoms with van der Waals surface area (Å²) in [6.45, 7) is 1.86. The molecule has 0 atom stereocenters. The molecule has 0 spiro atoms. The number of benzene rings is 2. The molecule has 0 radical (unpaired) electrons. The van der Waals surface area contributed by atoms with E-state index in [1.807, 2.05) is 25.1 Å². The molecular formula is C15H16N4O2. The topological polar surface area (TPSA) is 99.7 Å². The Morgan fingerprint density at radius 2 is 1.86 bits per heavy atom. The molecule has 2 aromatic rings. The lowest BCUT2D eigenvalue weighted by atomic mass is 10.1. The van der Waals surface area contributed by atoms with E-state index in [0.29, 0.717) is 16.9 Å². The molecule has 0 heterocycles. The van der Waals surface area contributed by atoms with Gasteiger partial charge in [0.2, 0.25) is 0 Å². The normalized spacial score (nSPS) is 11.0. The summed E-state index contributed by atoms with van der Waals surface area (Å²) in [6.07, 6.45) is 0. The van der Waals surface area contributed by atoms with E-state index in [0.717, 1.165) is 5.56 Å². The molecule has 2 rings (SSSR count). The molecule has 0 aliphatic carbocycles. The number of rotatable bonds is 3. The van der Waals surface area contributed by atoms with Crippen LogP contribution in [-0.2, 0) is 0 Å². The number of para-hydroxylation sites is 1. The van der Waals surface area contributed by atoms with Gasteiger partial charge in [0.05, 0.1) is 0 Å². The highest BCUT2D eigenvalue weighted by Crippen LogP contribution is 2.17. The highest BCUT2D eigenvalue weighted by atomic mass is 16.4. The molecule has 0 aliphatic heterocycles. The monoisotopic (exact) mass is 284 g/mol. The standard InChI is InChI=1S/C15H16N4O2/c1-10-7-8-11(14(16)19-21)9-13(10)18-15(20)17-12-5-3-2-4-6-12/h2-9,21H,1H3,(H2,16,19)(H2,17,18,20). The molecule has 0 fully saturated rings. The van der Waals surface area contributed by atoms with E-state index in [2.05, 4.69) is 15.8 Å². The van der Waals surface area contributed by atoms with Crippen LogP contribution in [0.2, 0.25) is 0 Å². The average Bonchev–Trinajstić information content (AvgIpc) is 2.49. The van der Waals surface area contributed by atoms with Crippen molar-refractivity contribution in [1.82, 2.24) is 0 Å². The maximum Gasteiger partial charge on any atom is 0.323 e. The van der Waals surface area contributed by atoms with Gasteiger partial charge in [0.15, 0.2) is 5.84 Å². The van der Waals surface area contributed by atoms with Crippen molar-refractivity contribution < 1.29 is 10.0 Å². The molecule has 0 aromatic heterocycles. The van der Waals surface area contributed by atoms with E-state index >= 15 is 0 Å². The Morgan fingerprint density at radius 3 is 2.52 bits per heavy atom. The molecule has 6 heteroatoms. The summed E-state index contributed by atoms with van der Waals surface area (Å²) in [5, 5.41) is 17.1. The Hall–Kier alpha value is -3.02. The number of carbonyl (C=O) groups is 1. The van der Waals surface area contributed by atoms with E-state index < -0.39 is 0 Å². The number of carbonyl (C=O) groups excluding carboxylic acids is 1. The summed E-state index contributed by atoms with van der Waals surface area (Å²) in [6, 6.07) is 13.9. The van der Waals surface area contributed by atoms with Gasteiger partial charge in [0.25, 0.3) is 0 Å². The van der Waals surface area contributed by atoms with Crippen LogP contribution in [0.4, 0.5) is 16.2 Å². The van der Waals surface area contributed by atoms with Gasteiger partial charge in [-0.05, 0) is 30.7 Å². The van der Waals surface area contributed by atoms with Crippen molar-refractivity contribution in [3.8, 4) is 0 Å². The predicted octanol–water partition coefficient (Wildman–Crippen LogP) is 2.73. The van der Waals surface area contributed by atoms with Gasteiger partial charge >= 0.3 is 6.03 Å². The lowest BCUT2D eigenvalue weighted by Gasteiger charge is -2.11. The number of hydrogen-bond donors (Lipinski definition) is 4. The third kappa shape index (κ3) is 3.73. The van der Waals surface area contributed by atoms with Crippen LogP contribution in [0.15, 0.2) is 53.7 Å². The SMILES string of the molecule is Cc1ccc(C(N)=NO)cc1NC(=O)Nc1ccccc1. The van der Waals surface area contributed by atoms with Crippen LogP contribution in [0.3, 0.4) is 0 Å². The summed E-state index contributed by atoms with van der Waals surface area (Å²) in [4.78, 5) is 12.0. The van der Waals surface area contributed by atoms with Crippen molar-refractivity contribution >= 4 is 23.2 Å². The molecule has 0 bridgehead atoms. The number of nitrogens with one attached hydrogen (secondary N) is 2. The van der Waals surface area contributed by atoms with Gasteiger partial charge in [-0.3, -0.25) is 0 Å². The van der Waals surface area contributed by atoms with Crippen LogP contribution in [0.1, 0.15) is 11.1 Å². The van der Waals surface area contributed by atoms with Crippen molar-refractivity contribution in [1.29, 1.82) is 0 Å². The lowest BCUT2D eigenvalue weighted by Crippen LogP contribution is -2.20. The minimum absolute atomic E-state index is 0.0125. The van der Waals surface area contributed by atoms with Crippen LogP contribution in [0.25, 0.3) is 0 Å². The van der Waals surface area contributed by atoms with E-state index in [1.54, 1.807) is 30.3 Å². The largest absolute Gasteiger partial charge is 0.409 e. The molecule has 5 N–H and O–H groups in total. The van der Waals surface area contributed by atoms with Crippen molar-refractivity contribution in [3.05, 3.63) is 59.7 Å². The number of amidine groups is 1. The second kappa shape index (κ2) is 6.42. The van der Waals surface area contributed by atoms with Crippen molar-refractivity contribution in [2.24, 2.45) is 10.9 Å². The predicted molar refractivity (Wildman–Crippen MR) is 82.8 cm³/mol. The van der Waals surface area contributed by atoms with Crippen LogP contribution >= 0.6 is 0 Å². The Bertz CT molecular complexity index is 669. The molecule has 0 saturated carbocycles. The Kier molecular flexibility index (Phi) is 4.40. The van der Waals surface area contributed by atoms with Gasteiger partial charge < -0.3 is 21.6 Å². The van der Waals surface area contributed by atoms with Crippen LogP contribution in [-0.4, -0.2) is 17.1 Å². The summed E-state index contributed by atoms with van der Waals surface area (Å²) in [7, 11) is 0. The smallest absolute Gasteiger partial charge is 0.323 e. The number of hydrogen-bond acceptors (Lipinski definition) is 3. The first kappa shape index (κ1) is 14.4. The Balaban J connectivity index is 2.13. The highest BCUT2D eigenvalue weighted by Gasteiger charge is 2.07. The maximum atomic E-state index is 12.0.